The maximum absolute atomic E-state index is 12.8. The van der Waals surface area contributed by atoms with E-state index < -0.39 is 11.9 Å². The molecule has 1 heterocycles. The SMILES string of the molecule is CCOC(=O)C1=C(C)OC(N)=C(C#N)C1c1cc(OCC)c(OCC(=O)Nc2ccc(C)cc2)cc1Br. The fraction of sp³-hybridized carbons (Fsp3) is 0.296. The van der Waals surface area contributed by atoms with Crippen LogP contribution in [-0.2, 0) is 19.1 Å². The highest BCUT2D eigenvalue weighted by Crippen LogP contribution is 2.45. The van der Waals surface area contributed by atoms with Crippen molar-refractivity contribution in [1.29, 1.82) is 5.26 Å². The number of halogens is 1. The average molecular weight is 570 g/mol. The molecule has 3 N–H and O–H groups in total. The number of ether oxygens (including phenoxy) is 4. The van der Waals surface area contributed by atoms with Crippen molar-refractivity contribution < 1.29 is 28.5 Å². The minimum atomic E-state index is -0.870. The number of benzene rings is 2. The number of hydrogen-bond donors (Lipinski definition) is 2. The Bertz CT molecular complexity index is 1290. The van der Waals surface area contributed by atoms with Crippen molar-refractivity contribution >= 4 is 33.5 Å². The largest absolute Gasteiger partial charge is 0.490 e. The predicted octanol–water partition coefficient (Wildman–Crippen LogP) is 4.82. The minimum Gasteiger partial charge on any atom is -0.490 e. The molecular weight excluding hydrogens is 542 g/mol. The van der Waals surface area contributed by atoms with Gasteiger partial charge in [0.05, 0.1) is 24.7 Å². The second-order valence-electron chi connectivity index (χ2n) is 8.07. The monoisotopic (exact) mass is 569 g/mol. The van der Waals surface area contributed by atoms with Crippen LogP contribution in [0.3, 0.4) is 0 Å². The maximum atomic E-state index is 12.8. The van der Waals surface area contributed by atoms with Crippen LogP contribution in [0.2, 0.25) is 0 Å². The van der Waals surface area contributed by atoms with Gasteiger partial charge in [0.25, 0.3) is 5.91 Å². The number of esters is 1. The van der Waals surface area contributed by atoms with Crippen LogP contribution < -0.4 is 20.5 Å². The Morgan fingerprint density at radius 3 is 2.41 bits per heavy atom. The number of carbonyl (C=O) groups excluding carboxylic acids is 2. The van der Waals surface area contributed by atoms with Crippen molar-refractivity contribution in [2.75, 3.05) is 25.1 Å². The van der Waals surface area contributed by atoms with Crippen LogP contribution in [-0.4, -0.2) is 31.7 Å². The fourth-order valence-electron chi connectivity index (χ4n) is 3.80. The van der Waals surface area contributed by atoms with E-state index in [9.17, 15) is 14.9 Å². The molecule has 0 radical (unpaired) electrons. The van der Waals surface area contributed by atoms with Crippen molar-refractivity contribution in [2.24, 2.45) is 5.73 Å². The first-order valence-electron chi connectivity index (χ1n) is 11.6. The Morgan fingerprint density at radius 1 is 1.11 bits per heavy atom. The number of rotatable bonds is 9. The molecule has 2 aromatic rings. The summed E-state index contributed by atoms with van der Waals surface area (Å²) in [5, 5.41) is 12.6. The number of amides is 1. The highest BCUT2D eigenvalue weighted by atomic mass is 79.9. The van der Waals surface area contributed by atoms with Gasteiger partial charge in [-0.15, -0.1) is 0 Å². The van der Waals surface area contributed by atoms with Gasteiger partial charge in [-0.25, -0.2) is 4.79 Å². The van der Waals surface area contributed by atoms with Crippen LogP contribution in [0.25, 0.3) is 0 Å². The lowest BCUT2D eigenvalue weighted by molar-refractivity contribution is -0.139. The molecule has 1 aliphatic heterocycles. The quantitative estimate of drug-likeness (QED) is 0.410. The fourth-order valence-corrected chi connectivity index (χ4v) is 4.35. The molecule has 0 saturated heterocycles. The first-order valence-corrected chi connectivity index (χ1v) is 12.4. The van der Waals surface area contributed by atoms with Gasteiger partial charge in [-0.1, -0.05) is 33.6 Å². The Morgan fingerprint density at radius 2 is 1.78 bits per heavy atom. The second-order valence-corrected chi connectivity index (χ2v) is 8.93. The lowest BCUT2D eigenvalue weighted by Gasteiger charge is -2.28. The molecule has 37 heavy (non-hydrogen) atoms. The van der Waals surface area contributed by atoms with Gasteiger partial charge in [0.2, 0.25) is 5.88 Å². The number of anilines is 1. The zero-order valence-corrected chi connectivity index (χ0v) is 22.6. The number of nitrogens with two attached hydrogens (primary N) is 1. The highest BCUT2D eigenvalue weighted by Gasteiger charge is 2.38. The zero-order valence-electron chi connectivity index (χ0n) is 21.0. The summed E-state index contributed by atoms with van der Waals surface area (Å²) in [6.45, 7) is 7.23. The Kier molecular flexibility index (Phi) is 9.20. The molecule has 9 nitrogen and oxygen atoms in total. The number of hydrogen-bond acceptors (Lipinski definition) is 8. The Labute approximate surface area is 224 Å². The molecule has 0 fully saturated rings. The Balaban J connectivity index is 1.95. The molecule has 0 spiro atoms. The molecule has 0 aromatic heterocycles. The van der Waals surface area contributed by atoms with E-state index in [2.05, 4.69) is 27.3 Å². The molecule has 0 bridgehead atoms. The molecule has 0 aliphatic carbocycles. The first kappa shape index (κ1) is 27.6. The van der Waals surface area contributed by atoms with E-state index in [1.807, 2.05) is 19.1 Å². The summed E-state index contributed by atoms with van der Waals surface area (Å²) in [4.78, 5) is 25.3. The van der Waals surface area contributed by atoms with Gasteiger partial charge in [-0.2, -0.15) is 5.26 Å². The third-order valence-electron chi connectivity index (χ3n) is 5.47. The van der Waals surface area contributed by atoms with Crippen molar-refractivity contribution in [3.63, 3.8) is 0 Å². The van der Waals surface area contributed by atoms with E-state index in [1.54, 1.807) is 45.0 Å². The first-order chi connectivity index (χ1) is 17.7. The normalized spacial score (nSPS) is 15.0. The maximum Gasteiger partial charge on any atom is 0.338 e. The molecule has 1 unspecified atom stereocenters. The van der Waals surface area contributed by atoms with Gasteiger partial charge in [0.15, 0.2) is 18.1 Å². The van der Waals surface area contributed by atoms with Crippen LogP contribution in [0.15, 0.2) is 63.7 Å². The van der Waals surface area contributed by atoms with E-state index in [1.165, 1.54) is 0 Å². The Hall–Kier alpha value is -3.97. The third-order valence-corrected chi connectivity index (χ3v) is 6.16. The van der Waals surface area contributed by atoms with Crippen LogP contribution in [0.1, 0.15) is 37.8 Å². The van der Waals surface area contributed by atoms with E-state index in [0.29, 0.717) is 33.8 Å². The van der Waals surface area contributed by atoms with Crippen LogP contribution in [0, 0.1) is 18.3 Å². The van der Waals surface area contributed by atoms with Gasteiger partial charge in [-0.05, 0) is 57.5 Å². The standard InChI is InChI=1S/C27H28BrN3O6/c1-5-34-21-11-18(25-19(13-29)26(30)37-16(4)24(25)27(33)35-6-2)20(28)12-22(21)36-14-23(32)31-17-9-7-15(3)8-10-17/h7-12,25H,5-6,14,30H2,1-4H3,(H,31,32). The van der Waals surface area contributed by atoms with E-state index in [-0.39, 0.29) is 41.9 Å². The van der Waals surface area contributed by atoms with E-state index in [0.717, 1.165) is 5.56 Å². The second kappa shape index (κ2) is 12.3. The van der Waals surface area contributed by atoms with Gasteiger partial charge in [0, 0.05) is 10.2 Å². The lowest BCUT2D eigenvalue weighted by atomic mass is 9.83. The summed E-state index contributed by atoms with van der Waals surface area (Å²) in [6.07, 6.45) is 0. The van der Waals surface area contributed by atoms with Crippen molar-refractivity contribution in [3.8, 4) is 17.6 Å². The molecule has 1 atom stereocenters. The molecule has 194 valence electrons. The smallest absolute Gasteiger partial charge is 0.338 e. The van der Waals surface area contributed by atoms with E-state index >= 15 is 0 Å². The van der Waals surface area contributed by atoms with Gasteiger partial charge in [-0.3, -0.25) is 4.79 Å². The number of nitrogens with zero attached hydrogens (tertiary/aromatic N) is 1. The number of aryl methyl sites for hydroxylation is 1. The molecule has 10 heteroatoms. The van der Waals surface area contributed by atoms with Gasteiger partial charge < -0.3 is 30.0 Å². The molecular formula is C27H28BrN3O6. The zero-order chi connectivity index (χ0) is 27.1. The summed E-state index contributed by atoms with van der Waals surface area (Å²) in [5.41, 5.74) is 8.47. The lowest BCUT2D eigenvalue weighted by Crippen LogP contribution is -2.26. The van der Waals surface area contributed by atoms with Gasteiger partial charge in [0.1, 0.15) is 17.4 Å². The molecule has 3 rings (SSSR count). The van der Waals surface area contributed by atoms with Crippen molar-refractivity contribution in [3.05, 3.63) is 74.8 Å². The summed E-state index contributed by atoms with van der Waals surface area (Å²) in [7, 11) is 0. The van der Waals surface area contributed by atoms with Gasteiger partial charge >= 0.3 is 5.97 Å². The van der Waals surface area contributed by atoms with Crippen LogP contribution in [0.5, 0.6) is 11.5 Å². The number of nitriles is 1. The highest BCUT2D eigenvalue weighted by molar-refractivity contribution is 9.10. The topological polar surface area (TPSA) is 133 Å². The summed E-state index contributed by atoms with van der Waals surface area (Å²) >= 11 is 3.52. The molecule has 1 amide bonds. The molecule has 0 saturated carbocycles. The predicted molar refractivity (Wildman–Crippen MR) is 141 cm³/mol. The average Bonchev–Trinajstić information content (AvgIpc) is 2.85. The summed E-state index contributed by atoms with van der Waals surface area (Å²) in [5.74, 6) is -1.08. The molecule has 1 aliphatic rings. The number of carbonyl (C=O) groups is 2. The van der Waals surface area contributed by atoms with Crippen LogP contribution in [0.4, 0.5) is 5.69 Å². The molecule has 2 aromatic carbocycles. The summed E-state index contributed by atoms with van der Waals surface area (Å²) in [6, 6.07) is 12.7. The van der Waals surface area contributed by atoms with Crippen LogP contribution >= 0.6 is 15.9 Å². The number of nitrogens with one attached hydrogen (secondary N) is 1. The minimum absolute atomic E-state index is 0.0583. The van der Waals surface area contributed by atoms with Crippen molar-refractivity contribution in [2.45, 2.75) is 33.6 Å². The number of allylic oxidation sites excluding steroid dienone is 2. The summed E-state index contributed by atoms with van der Waals surface area (Å²) < 4.78 is 22.8. The third kappa shape index (κ3) is 6.43. The van der Waals surface area contributed by atoms with E-state index in [4.69, 9.17) is 24.7 Å². The van der Waals surface area contributed by atoms with Crippen molar-refractivity contribution in [1.82, 2.24) is 0 Å².